The summed E-state index contributed by atoms with van der Waals surface area (Å²) in [5.41, 5.74) is 3.79. The van der Waals surface area contributed by atoms with Gasteiger partial charge in [-0.1, -0.05) is 54.6 Å². The molecule has 0 spiro atoms. The third-order valence-electron chi connectivity index (χ3n) is 4.69. The van der Waals surface area contributed by atoms with Gasteiger partial charge in [-0.25, -0.2) is 4.98 Å². The molecule has 2 heterocycles. The van der Waals surface area contributed by atoms with E-state index in [4.69, 9.17) is 4.98 Å². The molecule has 0 aliphatic carbocycles. The standard InChI is InChI=1S/C24H22N4O/c29-24(20-11-6-15-25-18-20)26-16-14-23-27-21-12-4-5-13-22(21)28(23)17-7-10-19-8-2-1-3-9-19/h1-13,15,18H,14,16-17H2,(H,26,29)/b10-7+. The number of pyridine rings is 1. The quantitative estimate of drug-likeness (QED) is 0.523. The van der Waals surface area contributed by atoms with Crippen LogP contribution in [0, 0.1) is 0 Å². The largest absolute Gasteiger partial charge is 0.352 e. The lowest BCUT2D eigenvalue weighted by Gasteiger charge is -2.08. The first kappa shape index (κ1) is 18.6. The predicted molar refractivity (Wildman–Crippen MR) is 115 cm³/mol. The van der Waals surface area contributed by atoms with E-state index in [9.17, 15) is 4.79 Å². The lowest BCUT2D eigenvalue weighted by molar-refractivity contribution is 0.0953. The zero-order valence-electron chi connectivity index (χ0n) is 16.0. The average molecular weight is 382 g/mol. The third kappa shape index (κ3) is 4.58. The van der Waals surface area contributed by atoms with Crippen LogP contribution in [0.3, 0.4) is 0 Å². The fraction of sp³-hybridized carbons (Fsp3) is 0.125. The maximum absolute atomic E-state index is 12.2. The third-order valence-corrected chi connectivity index (χ3v) is 4.69. The van der Waals surface area contributed by atoms with Crippen LogP contribution in [0.1, 0.15) is 21.7 Å². The number of hydrogen-bond donors (Lipinski definition) is 1. The van der Waals surface area contributed by atoms with Crippen molar-refractivity contribution in [3.8, 4) is 0 Å². The highest BCUT2D eigenvalue weighted by Gasteiger charge is 2.10. The molecular weight excluding hydrogens is 360 g/mol. The van der Waals surface area contributed by atoms with Crippen LogP contribution in [0.15, 0.2) is 85.2 Å². The molecule has 5 heteroatoms. The highest BCUT2D eigenvalue weighted by Crippen LogP contribution is 2.17. The average Bonchev–Trinajstić information content (AvgIpc) is 3.12. The highest BCUT2D eigenvalue weighted by atomic mass is 16.1. The summed E-state index contributed by atoms with van der Waals surface area (Å²) >= 11 is 0. The second-order valence-electron chi connectivity index (χ2n) is 6.69. The first-order valence-corrected chi connectivity index (χ1v) is 9.65. The summed E-state index contributed by atoms with van der Waals surface area (Å²) in [6, 6.07) is 21.9. The van der Waals surface area contributed by atoms with E-state index >= 15 is 0 Å². The Morgan fingerprint density at radius 3 is 2.66 bits per heavy atom. The van der Waals surface area contributed by atoms with Gasteiger partial charge in [0.15, 0.2) is 0 Å². The van der Waals surface area contributed by atoms with Gasteiger partial charge >= 0.3 is 0 Å². The molecule has 0 saturated carbocycles. The number of fused-ring (bicyclic) bond motifs is 1. The van der Waals surface area contributed by atoms with Gasteiger partial charge < -0.3 is 9.88 Å². The molecule has 1 amide bonds. The number of carbonyl (C=O) groups is 1. The van der Waals surface area contributed by atoms with E-state index in [-0.39, 0.29) is 5.91 Å². The summed E-state index contributed by atoms with van der Waals surface area (Å²) in [5.74, 6) is 0.833. The summed E-state index contributed by atoms with van der Waals surface area (Å²) < 4.78 is 2.20. The summed E-state index contributed by atoms with van der Waals surface area (Å²) in [6.07, 6.45) is 8.13. The van der Waals surface area contributed by atoms with Crippen LogP contribution in [0.5, 0.6) is 0 Å². The van der Waals surface area contributed by atoms with Crippen molar-refractivity contribution in [2.75, 3.05) is 6.54 Å². The molecule has 4 aromatic rings. The Labute approximate surface area is 169 Å². The molecule has 29 heavy (non-hydrogen) atoms. The predicted octanol–water partition coefficient (Wildman–Crippen LogP) is 4.12. The van der Waals surface area contributed by atoms with E-state index in [0.717, 1.165) is 23.4 Å². The van der Waals surface area contributed by atoms with Crippen molar-refractivity contribution in [3.05, 3.63) is 102 Å². The molecule has 0 aliphatic heterocycles. The molecule has 0 unspecified atom stereocenters. The van der Waals surface area contributed by atoms with Crippen LogP contribution in [0.4, 0.5) is 0 Å². The van der Waals surface area contributed by atoms with E-state index in [1.165, 1.54) is 5.56 Å². The van der Waals surface area contributed by atoms with Gasteiger partial charge in [-0.05, 0) is 29.8 Å². The molecule has 0 saturated heterocycles. The van der Waals surface area contributed by atoms with Gasteiger partial charge in [0, 0.05) is 31.9 Å². The van der Waals surface area contributed by atoms with Crippen LogP contribution in [0.2, 0.25) is 0 Å². The monoisotopic (exact) mass is 382 g/mol. The van der Waals surface area contributed by atoms with E-state index in [0.29, 0.717) is 18.5 Å². The Bertz CT molecular complexity index is 1120. The number of carbonyl (C=O) groups excluding carboxylic acids is 1. The summed E-state index contributed by atoms with van der Waals surface area (Å²) in [4.78, 5) is 21.0. The first-order valence-electron chi connectivity index (χ1n) is 9.65. The van der Waals surface area contributed by atoms with E-state index in [2.05, 4.69) is 45.2 Å². The minimum atomic E-state index is -0.121. The number of nitrogens with zero attached hydrogens (tertiary/aromatic N) is 3. The van der Waals surface area contributed by atoms with Crippen molar-refractivity contribution in [2.45, 2.75) is 13.0 Å². The Morgan fingerprint density at radius 1 is 1.00 bits per heavy atom. The second kappa shape index (κ2) is 8.97. The molecule has 144 valence electrons. The summed E-state index contributed by atoms with van der Waals surface area (Å²) in [6.45, 7) is 1.24. The number of para-hydroxylation sites is 2. The molecular formula is C24H22N4O. The molecule has 0 fully saturated rings. The zero-order chi connectivity index (χ0) is 19.9. The Balaban J connectivity index is 1.47. The smallest absolute Gasteiger partial charge is 0.252 e. The number of nitrogens with one attached hydrogen (secondary N) is 1. The van der Waals surface area contributed by atoms with Gasteiger partial charge in [0.05, 0.1) is 16.6 Å². The van der Waals surface area contributed by atoms with Gasteiger partial charge in [-0.3, -0.25) is 9.78 Å². The van der Waals surface area contributed by atoms with Crippen LogP contribution in [-0.4, -0.2) is 27.0 Å². The molecule has 0 aliphatic rings. The topological polar surface area (TPSA) is 59.8 Å². The lowest BCUT2D eigenvalue weighted by Crippen LogP contribution is -2.26. The molecule has 2 aromatic carbocycles. The van der Waals surface area contributed by atoms with Gasteiger partial charge in [-0.2, -0.15) is 0 Å². The van der Waals surface area contributed by atoms with Crippen LogP contribution >= 0.6 is 0 Å². The highest BCUT2D eigenvalue weighted by molar-refractivity contribution is 5.93. The number of hydrogen-bond acceptors (Lipinski definition) is 3. The SMILES string of the molecule is O=C(NCCc1nc2ccccc2n1C/C=C/c1ccccc1)c1cccnc1. The van der Waals surface area contributed by atoms with Crippen molar-refractivity contribution >= 4 is 23.0 Å². The number of imidazole rings is 1. The fourth-order valence-electron chi connectivity index (χ4n) is 3.27. The number of aromatic nitrogens is 3. The Kier molecular flexibility index (Phi) is 5.76. The van der Waals surface area contributed by atoms with Crippen molar-refractivity contribution in [1.29, 1.82) is 0 Å². The van der Waals surface area contributed by atoms with Crippen LogP contribution in [-0.2, 0) is 13.0 Å². The van der Waals surface area contributed by atoms with Gasteiger partial charge in [-0.15, -0.1) is 0 Å². The van der Waals surface area contributed by atoms with Gasteiger partial charge in [0.25, 0.3) is 5.91 Å². The van der Waals surface area contributed by atoms with Crippen molar-refractivity contribution in [1.82, 2.24) is 19.9 Å². The van der Waals surface area contributed by atoms with Gasteiger partial charge in [0.2, 0.25) is 0 Å². The minimum absolute atomic E-state index is 0.121. The Morgan fingerprint density at radius 2 is 1.83 bits per heavy atom. The maximum Gasteiger partial charge on any atom is 0.252 e. The van der Waals surface area contributed by atoms with E-state index in [1.54, 1.807) is 24.5 Å². The molecule has 2 aromatic heterocycles. The van der Waals surface area contributed by atoms with Gasteiger partial charge in [0.1, 0.15) is 5.82 Å². The van der Waals surface area contributed by atoms with E-state index < -0.39 is 0 Å². The minimum Gasteiger partial charge on any atom is -0.352 e. The van der Waals surface area contributed by atoms with Crippen LogP contribution in [0.25, 0.3) is 17.1 Å². The normalized spacial score (nSPS) is 11.2. The maximum atomic E-state index is 12.2. The molecule has 4 rings (SSSR count). The second-order valence-corrected chi connectivity index (χ2v) is 6.69. The van der Waals surface area contributed by atoms with Crippen molar-refractivity contribution in [3.63, 3.8) is 0 Å². The first-order chi connectivity index (χ1) is 14.3. The zero-order valence-corrected chi connectivity index (χ0v) is 16.0. The van der Waals surface area contributed by atoms with E-state index in [1.807, 2.05) is 36.4 Å². The number of benzene rings is 2. The fourth-order valence-corrected chi connectivity index (χ4v) is 3.27. The summed E-state index contributed by atoms with van der Waals surface area (Å²) in [7, 11) is 0. The molecule has 0 bridgehead atoms. The molecule has 0 radical (unpaired) electrons. The van der Waals surface area contributed by atoms with Crippen molar-refractivity contribution < 1.29 is 4.79 Å². The number of rotatable bonds is 7. The number of amides is 1. The van der Waals surface area contributed by atoms with Crippen LogP contribution < -0.4 is 5.32 Å². The Hall–Kier alpha value is -3.73. The summed E-state index contributed by atoms with van der Waals surface area (Å²) in [5, 5.41) is 2.95. The molecule has 0 atom stereocenters. The number of allylic oxidation sites excluding steroid dienone is 1. The molecule has 5 nitrogen and oxygen atoms in total. The lowest BCUT2D eigenvalue weighted by atomic mass is 10.2. The molecule has 1 N–H and O–H groups in total. The van der Waals surface area contributed by atoms with Crippen molar-refractivity contribution in [2.24, 2.45) is 0 Å².